The van der Waals surface area contributed by atoms with Gasteiger partial charge in [0.2, 0.25) is 5.91 Å². The summed E-state index contributed by atoms with van der Waals surface area (Å²) in [6, 6.07) is 16.5. The molecule has 3 unspecified atom stereocenters. The number of likely N-dealkylation sites (tertiary alicyclic amines) is 1. The Bertz CT molecular complexity index is 1040. The third-order valence-corrected chi connectivity index (χ3v) is 7.32. The van der Waals surface area contributed by atoms with Gasteiger partial charge in [-0.1, -0.05) is 55.5 Å². The molecule has 0 radical (unpaired) electrons. The topological polar surface area (TPSA) is 95.9 Å². The maximum atomic E-state index is 12.8. The van der Waals surface area contributed by atoms with Crippen LogP contribution in [0.4, 0.5) is 4.79 Å². The highest BCUT2D eigenvalue weighted by Gasteiger charge is 2.33. The predicted molar refractivity (Wildman–Crippen MR) is 133 cm³/mol. The van der Waals surface area contributed by atoms with E-state index >= 15 is 0 Å². The summed E-state index contributed by atoms with van der Waals surface area (Å²) in [5, 5.41) is 12.1. The van der Waals surface area contributed by atoms with Crippen molar-refractivity contribution in [2.75, 3.05) is 19.7 Å². The SMILES string of the molecule is CC(CCNC(=O)OCC1c2ccccc2-c2ccccc21)CC(=O)N1CC(C(=O)O)CCC1C. The van der Waals surface area contributed by atoms with E-state index < -0.39 is 18.0 Å². The molecular weight excluding hydrogens is 444 g/mol. The van der Waals surface area contributed by atoms with Crippen LogP contribution in [0.3, 0.4) is 0 Å². The molecule has 1 heterocycles. The van der Waals surface area contributed by atoms with Crippen molar-refractivity contribution in [1.29, 1.82) is 0 Å². The molecule has 7 heteroatoms. The minimum Gasteiger partial charge on any atom is -0.481 e. The van der Waals surface area contributed by atoms with Gasteiger partial charge in [0.25, 0.3) is 0 Å². The molecule has 2 N–H and O–H groups in total. The molecule has 1 aliphatic heterocycles. The van der Waals surface area contributed by atoms with Crippen LogP contribution in [0.15, 0.2) is 48.5 Å². The Morgan fingerprint density at radius 2 is 1.69 bits per heavy atom. The molecule has 2 aromatic carbocycles. The van der Waals surface area contributed by atoms with E-state index in [1.54, 1.807) is 4.90 Å². The van der Waals surface area contributed by atoms with Crippen molar-refractivity contribution in [3.8, 4) is 11.1 Å². The summed E-state index contributed by atoms with van der Waals surface area (Å²) in [6.07, 6.45) is 1.84. The fraction of sp³-hybridized carbons (Fsp3) is 0.464. The molecule has 35 heavy (non-hydrogen) atoms. The number of carboxylic acid groups (broad SMARTS) is 1. The van der Waals surface area contributed by atoms with Crippen molar-refractivity contribution in [3.05, 3.63) is 59.7 Å². The number of benzene rings is 2. The zero-order chi connectivity index (χ0) is 24.9. The highest BCUT2D eigenvalue weighted by Crippen LogP contribution is 2.44. The number of amides is 2. The number of carboxylic acids is 1. The van der Waals surface area contributed by atoms with Crippen LogP contribution >= 0.6 is 0 Å². The number of hydrogen-bond acceptors (Lipinski definition) is 4. The lowest BCUT2D eigenvalue weighted by Crippen LogP contribution is -2.47. The number of alkyl carbamates (subject to hydrolysis) is 1. The van der Waals surface area contributed by atoms with Gasteiger partial charge in [-0.25, -0.2) is 4.79 Å². The summed E-state index contributed by atoms with van der Waals surface area (Å²) in [5.74, 6) is -1.26. The molecule has 2 amide bonds. The Morgan fingerprint density at radius 3 is 2.31 bits per heavy atom. The number of nitrogens with one attached hydrogen (secondary N) is 1. The number of rotatable bonds is 8. The van der Waals surface area contributed by atoms with E-state index in [9.17, 15) is 19.5 Å². The predicted octanol–water partition coefficient (Wildman–Crippen LogP) is 4.65. The number of nitrogens with zero attached hydrogens (tertiary/aromatic N) is 1. The van der Waals surface area contributed by atoms with Gasteiger partial charge in [-0.15, -0.1) is 0 Å². The molecule has 0 spiro atoms. The van der Waals surface area contributed by atoms with Crippen molar-refractivity contribution < 1.29 is 24.2 Å². The fourth-order valence-electron chi connectivity index (χ4n) is 5.24. The standard InChI is InChI=1S/C28H34N2O5/c1-18(15-26(31)30-16-20(27(32)33)12-11-19(30)2)13-14-29-28(34)35-17-25-23-9-5-3-7-21(23)22-8-4-6-10-24(22)25/h3-10,18-20,25H,11-17H2,1-2H3,(H,29,34)(H,32,33). The van der Waals surface area contributed by atoms with Crippen LogP contribution in [-0.2, 0) is 14.3 Å². The quantitative estimate of drug-likeness (QED) is 0.576. The highest BCUT2D eigenvalue weighted by atomic mass is 16.5. The Kier molecular flexibility index (Phi) is 7.73. The lowest BCUT2D eigenvalue weighted by Gasteiger charge is -2.37. The summed E-state index contributed by atoms with van der Waals surface area (Å²) in [4.78, 5) is 38.1. The largest absolute Gasteiger partial charge is 0.481 e. The van der Waals surface area contributed by atoms with Crippen LogP contribution in [-0.4, -0.2) is 53.7 Å². The molecule has 186 valence electrons. The summed E-state index contributed by atoms with van der Waals surface area (Å²) < 4.78 is 5.57. The Labute approximate surface area is 206 Å². The minimum absolute atomic E-state index is 0.0166. The van der Waals surface area contributed by atoms with Crippen molar-refractivity contribution in [3.63, 3.8) is 0 Å². The number of piperidine rings is 1. The van der Waals surface area contributed by atoms with Crippen molar-refractivity contribution >= 4 is 18.0 Å². The molecule has 1 saturated heterocycles. The first-order valence-electron chi connectivity index (χ1n) is 12.5. The zero-order valence-electron chi connectivity index (χ0n) is 20.4. The summed E-state index contributed by atoms with van der Waals surface area (Å²) in [7, 11) is 0. The number of carbonyl (C=O) groups is 3. The van der Waals surface area contributed by atoms with Crippen LogP contribution in [0, 0.1) is 11.8 Å². The monoisotopic (exact) mass is 478 g/mol. The zero-order valence-corrected chi connectivity index (χ0v) is 20.4. The van der Waals surface area contributed by atoms with Crippen molar-refractivity contribution in [1.82, 2.24) is 10.2 Å². The van der Waals surface area contributed by atoms with Gasteiger partial charge in [0.15, 0.2) is 0 Å². The number of carbonyl (C=O) groups excluding carboxylic acids is 2. The Hall–Kier alpha value is -3.35. The Balaban J connectivity index is 1.21. The summed E-state index contributed by atoms with van der Waals surface area (Å²) >= 11 is 0. The average Bonchev–Trinajstić information content (AvgIpc) is 3.16. The first-order chi connectivity index (χ1) is 16.8. The van der Waals surface area contributed by atoms with Gasteiger partial charge in [-0.3, -0.25) is 9.59 Å². The van der Waals surface area contributed by atoms with Gasteiger partial charge >= 0.3 is 12.1 Å². The van der Waals surface area contributed by atoms with Gasteiger partial charge < -0.3 is 20.1 Å². The molecule has 0 bridgehead atoms. The third kappa shape index (κ3) is 5.66. The second-order valence-corrected chi connectivity index (χ2v) is 9.86. The Morgan fingerprint density at radius 1 is 1.06 bits per heavy atom. The van der Waals surface area contributed by atoms with Crippen molar-refractivity contribution in [2.24, 2.45) is 11.8 Å². The van der Waals surface area contributed by atoms with E-state index in [0.717, 1.165) is 0 Å². The molecule has 3 atom stereocenters. The van der Waals surface area contributed by atoms with Gasteiger partial charge in [-0.2, -0.15) is 0 Å². The summed E-state index contributed by atoms with van der Waals surface area (Å²) in [5.41, 5.74) is 4.72. The van der Waals surface area contributed by atoms with Crippen LogP contribution in [0.25, 0.3) is 11.1 Å². The smallest absolute Gasteiger partial charge is 0.407 e. The molecule has 2 aliphatic rings. The minimum atomic E-state index is -0.838. The van der Waals surface area contributed by atoms with Crippen LogP contribution < -0.4 is 5.32 Å². The molecule has 2 aromatic rings. The van der Waals surface area contributed by atoms with E-state index in [4.69, 9.17) is 4.74 Å². The second kappa shape index (κ2) is 10.9. The van der Waals surface area contributed by atoms with E-state index in [-0.39, 0.29) is 36.9 Å². The normalized spacial score (nSPS) is 20.0. The molecule has 1 fully saturated rings. The maximum absolute atomic E-state index is 12.8. The van der Waals surface area contributed by atoms with E-state index in [0.29, 0.717) is 32.2 Å². The van der Waals surface area contributed by atoms with Crippen LogP contribution in [0.2, 0.25) is 0 Å². The number of aliphatic carboxylic acids is 1. The lowest BCUT2D eigenvalue weighted by molar-refractivity contribution is -0.147. The lowest BCUT2D eigenvalue weighted by atomic mass is 9.92. The highest BCUT2D eigenvalue weighted by molar-refractivity contribution is 5.79. The van der Waals surface area contributed by atoms with E-state index in [1.165, 1.54) is 22.3 Å². The number of ether oxygens (including phenoxy) is 1. The van der Waals surface area contributed by atoms with E-state index in [1.807, 2.05) is 38.1 Å². The van der Waals surface area contributed by atoms with Crippen LogP contribution in [0.1, 0.15) is 56.6 Å². The van der Waals surface area contributed by atoms with Gasteiger partial charge in [0, 0.05) is 31.5 Å². The van der Waals surface area contributed by atoms with E-state index in [2.05, 4.69) is 29.6 Å². The molecule has 7 nitrogen and oxygen atoms in total. The molecule has 4 rings (SSSR count). The number of hydrogen-bond donors (Lipinski definition) is 2. The first-order valence-corrected chi connectivity index (χ1v) is 12.5. The maximum Gasteiger partial charge on any atom is 0.407 e. The number of fused-ring (bicyclic) bond motifs is 3. The van der Waals surface area contributed by atoms with Gasteiger partial charge in [0.05, 0.1) is 5.92 Å². The van der Waals surface area contributed by atoms with Crippen molar-refractivity contribution in [2.45, 2.75) is 51.5 Å². The van der Waals surface area contributed by atoms with Gasteiger partial charge in [0.1, 0.15) is 6.61 Å². The van der Waals surface area contributed by atoms with Gasteiger partial charge in [-0.05, 0) is 54.4 Å². The average molecular weight is 479 g/mol. The summed E-state index contributed by atoms with van der Waals surface area (Å²) in [6.45, 7) is 4.91. The molecular formula is C28H34N2O5. The molecule has 0 saturated carbocycles. The molecule has 0 aromatic heterocycles. The second-order valence-electron chi connectivity index (χ2n) is 9.86. The fourth-order valence-corrected chi connectivity index (χ4v) is 5.24. The first kappa shape index (κ1) is 24.8. The van der Waals surface area contributed by atoms with Crippen LogP contribution in [0.5, 0.6) is 0 Å². The third-order valence-electron chi connectivity index (χ3n) is 7.32. The molecule has 1 aliphatic carbocycles.